The van der Waals surface area contributed by atoms with E-state index in [9.17, 15) is 23.5 Å². The third-order valence-electron chi connectivity index (χ3n) is 5.27. The predicted molar refractivity (Wildman–Crippen MR) is 125 cm³/mol. The summed E-state index contributed by atoms with van der Waals surface area (Å²) < 4.78 is 28.3. The molecule has 0 radical (unpaired) electrons. The van der Waals surface area contributed by atoms with Crippen molar-refractivity contribution >= 4 is 60.1 Å². The second-order valence-electron chi connectivity index (χ2n) is 7.34. The Morgan fingerprint density at radius 1 is 1.00 bits per heavy atom. The standard InChI is InChI=1S/C24H13BrF2N2O3S/c25-14-3-1-2-13(10-14)20-19(21(30)12-4-6-15(26)7-5-12)22(31)23(32)29(20)24-28-17-9-8-16(27)11-18(17)33-24/h1-11,20,30H/b21-19+/t20-/m0/s1. The first-order valence-electron chi connectivity index (χ1n) is 9.72. The minimum Gasteiger partial charge on any atom is -0.507 e. The summed E-state index contributed by atoms with van der Waals surface area (Å²) in [6, 6.07) is 15.0. The molecule has 33 heavy (non-hydrogen) atoms. The molecule has 1 saturated heterocycles. The number of aliphatic hydroxyl groups excluding tert-OH is 1. The summed E-state index contributed by atoms with van der Waals surface area (Å²) in [5.74, 6) is -3.14. The van der Waals surface area contributed by atoms with Crippen LogP contribution in [0, 0.1) is 11.6 Å². The van der Waals surface area contributed by atoms with Crippen LogP contribution in [0.15, 0.2) is 76.8 Å². The van der Waals surface area contributed by atoms with E-state index in [0.29, 0.717) is 20.3 Å². The Bertz CT molecular complexity index is 1470. The fraction of sp³-hybridized carbons (Fsp3) is 0.0417. The average molecular weight is 527 g/mol. The molecule has 1 aromatic heterocycles. The molecule has 3 aromatic carbocycles. The zero-order valence-corrected chi connectivity index (χ0v) is 19.0. The number of hydrogen-bond donors (Lipinski definition) is 1. The maximum absolute atomic E-state index is 13.7. The molecule has 0 saturated carbocycles. The summed E-state index contributed by atoms with van der Waals surface area (Å²) in [4.78, 5) is 31.9. The van der Waals surface area contributed by atoms with Gasteiger partial charge in [-0.1, -0.05) is 39.4 Å². The molecule has 1 amide bonds. The molecule has 1 fully saturated rings. The molecule has 5 rings (SSSR count). The number of benzene rings is 3. The minimum absolute atomic E-state index is 0.143. The van der Waals surface area contributed by atoms with Crippen LogP contribution in [-0.2, 0) is 9.59 Å². The van der Waals surface area contributed by atoms with Crippen LogP contribution in [0.5, 0.6) is 0 Å². The highest BCUT2D eigenvalue weighted by Crippen LogP contribution is 2.44. The van der Waals surface area contributed by atoms with E-state index < -0.39 is 35.1 Å². The van der Waals surface area contributed by atoms with Crippen LogP contribution in [0.3, 0.4) is 0 Å². The Morgan fingerprint density at radius 3 is 2.45 bits per heavy atom. The topological polar surface area (TPSA) is 70.5 Å². The predicted octanol–water partition coefficient (Wildman–Crippen LogP) is 5.96. The maximum atomic E-state index is 13.7. The molecule has 0 bridgehead atoms. The van der Waals surface area contributed by atoms with Crippen molar-refractivity contribution in [1.82, 2.24) is 4.98 Å². The van der Waals surface area contributed by atoms with Crippen molar-refractivity contribution in [1.29, 1.82) is 0 Å². The lowest BCUT2D eigenvalue weighted by Crippen LogP contribution is -2.29. The normalized spacial score (nSPS) is 17.8. The van der Waals surface area contributed by atoms with Gasteiger partial charge < -0.3 is 5.11 Å². The van der Waals surface area contributed by atoms with E-state index in [1.54, 1.807) is 24.3 Å². The van der Waals surface area contributed by atoms with Gasteiger partial charge in [-0.05, 0) is 60.2 Å². The molecule has 0 aliphatic carbocycles. The molecule has 5 nitrogen and oxygen atoms in total. The van der Waals surface area contributed by atoms with E-state index in [1.165, 1.54) is 35.2 Å². The van der Waals surface area contributed by atoms with E-state index in [2.05, 4.69) is 20.9 Å². The van der Waals surface area contributed by atoms with Crippen LogP contribution in [0.4, 0.5) is 13.9 Å². The van der Waals surface area contributed by atoms with Crippen molar-refractivity contribution in [3.05, 3.63) is 99.5 Å². The third kappa shape index (κ3) is 3.73. The molecule has 0 unspecified atom stereocenters. The van der Waals surface area contributed by atoms with Gasteiger partial charge in [-0.2, -0.15) is 0 Å². The molecule has 9 heteroatoms. The number of aliphatic hydroxyl groups is 1. The molecular formula is C24H13BrF2N2O3S. The van der Waals surface area contributed by atoms with Gasteiger partial charge in [0, 0.05) is 10.0 Å². The smallest absolute Gasteiger partial charge is 0.301 e. The van der Waals surface area contributed by atoms with E-state index >= 15 is 0 Å². The Morgan fingerprint density at radius 2 is 1.73 bits per heavy atom. The fourth-order valence-corrected chi connectivity index (χ4v) is 5.21. The molecule has 1 atom stereocenters. The molecule has 1 N–H and O–H groups in total. The average Bonchev–Trinajstić information content (AvgIpc) is 3.32. The Hall–Kier alpha value is -3.43. The first-order chi connectivity index (χ1) is 15.8. The van der Waals surface area contributed by atoms with Gasteiger partial charge in [0.15, 0.2) is 5.13 Å². The molecule has 2 heterocycles. The van der Waals surface area contributed by atoms with Crippen molar-refractivity contribution in [2.24, 2.45) is 0 Å². The van der Waals surface area contributed by atoms with Crippen LogP contribution < -0.4 is 4.90 Å². The first kappa shape index (κ1) is 21.4. The minimum atomic E-state index is -0.988. The number of anilines is 1. The Kier molecular flexibility index (Phi) is 5.30. The monoisotopic (exact) mass is 526 g/mol. The summed E-state index contributed by atoms with van der Waals surface area (Å²) >= 11 is 4.46. The number of fused-ring (bicyclic) bond motifs is 1. The zero-order valence-electron chi connectivity index (χ0n) is 16.6. The SMILES string of the molecule is O=C1C(=O)N(c2nc3ccc(F)cc3s2)[C@@H](c2cccc(Br)c2)/C1=C(\O)c1ccc(F)cc1. The van der Waals surface area contributed by atoms with E-state index in [1.807, 2.05) is 0 Å². The number of Topliss-reactive ketones (excluding diaryl/α,β-unsaturated/α-hetero) is 1. The number of thiazole rings is 1. The molecule has 1 aliphatic heterocycles. The van der Waals surface area contributed by atoms with E-state index in [4.69, 9.17) is 0 Å². The van der Waals surface area contributed by atoms with Gasteiger partial charge >= 0.3 is 5.91 Å². The number of amides is 1. The summed E-state index contributed by atoms with van der Waals surface area (Å²) in [7, 11) is 0. The summed E-state index contributed by atoms with van der Waals surface area (Å²) in [5.41, 5.74) is 1.08. The van der Waals surface area contributed by atoms with Crippen LogP contribution in [0.2, 0.25) is 0 Å². The molecule has 0 spiro atoms. The number of carbonyl (C=O) groups is 2. The van der Waals surface area contributed by atoms with Gasteiger partial charge in [-0.25, -0.2) is 13.8 Å². The van der Waals surface area contributed by atoms with Crippen molar-refractivity contribution < 1.29 is 23.5 Å². The van der Waals surface area contributed by atoms with Crippen molar-refractivity contribution in [3.63, 3.8) is 0 Å². The highest BCUT2D eigenvalue weighted by atomic mass is 79.9. The second kappa shape index (κ2) is 8.17. The number of rotatable bonds is 3. The quantitative estimate of drug-likeness (QED) is 0.203. The number of aromatic nitrogens is 1. The van der Waals surface area contributed by atoms with Crippen LogP contribution in [-0.4, -0.2) is 21.8 Å². The third-order valence-corrected chi connectivity index (χ3v) is 6.78. The molecule has 1 aliphatic rings. The highest BCUT2D eigenvalue weighted by Gasteiger charge is 2.48. The summed E-state index contributed by atoms with van der Waals surface area (Å²) in [6.07, 6.45) is 0. The number of ketones is 1. The lowest BCUT2D eigenvalue weighted by Gasteiger charge is -2.23. The van der Waals surface area contributed by atoms with Gasteiger partial charge in [-0.15, -0.1) is 0 Å². The van der Waals surface area contributed by atoms with Gasteiger partial charge in [0.1, 0.15) is 17.4 Å². The van der Waals surface area contributed by atoms with Crippen LogP contribution >= 0.6 is 27.3 Å². The van der Waals surface area contributed by atoms with Crippen molar-refractivity contribution in [3.8, 4) is 0 Å². The number of nitrogens with zero attached hydrogens (tertiary/aromatic N) is 2. The highest BCUT2D eigenvalue weighted by molar-refractivity contribution is 9.10. The zero-order chi connectivity index (χ0) is 23.3. The molecule has 4 aromatic rings. The van der Waals surface area contributed by atoms with Crippen LogP contribution in [0.25, 0.3) is 16.0 Å². The first-order valence-corrected chi connectivity index (χ1v) is 11.3. The molecule has 164 valence electrons. The molecular weight excluding hydrogens is 514 g/mol. The van der Waals surface area contributed by atoms with Gasteiger partial charge in [0.05, 0.1) is 21.8 Å². The number of hydrogen-bond acceptors (Lipinski definition) is 5. The van der Waals surface area contributed by atoms with Gasteiger partial charge in [0.25, 0.3) is 5.78 Å². The largest absolute Gasteiger partial charge is 0.507 e. The fourth-order valence-electron chi connectivity index (χ4n) is 3.77. The lowest BCUT2D eigenvalue weighted by atomic mass is 9.95. The lowest BCUT2D eigenvalue weighted by molar-refractivity contribution is -0.132. The van der Waals surface area contributed by atoms with E-state index in [0.717, 1.165) is 23.5 Å². The summed E-state index contributed by atoms with van der Waals surface area (Å²) in [6.45, 7) is 0. The second-order valence-corrected chi connectivity index (χ2v) is 9.26. The Balaban J connectivity index is 1.74. The number of carbonyl (C=O) groups excluding carboxylic acids is 2. The van der Waals surface area contributed by atoms with Gasteiger partial charge in [-0.3, -0.25) is 14.5 Å². The van der Waals surface area contributed by atoms with E-state index in [-0.39, 0.29) is 16.3 Å². The van der Waals surface area contributed by atoms with Crippen molar-refractivity contribution in [2.75, 3.05) is 4.90 Å². The van der Waals surface area contributed by atoms with Crippen molar-refractivity contribution in [2.45, 2.75) is 6.04 Å². The summed E-state index contributed by atoms with van der Waals surface area (Å²) in [5, 5.41) is 11.2. The van der Waals surface area contributed by atoms with Gasteiger partial charge in [0.2, 0.25) is 0 Å². The Labute approximate surface area is 198 Å². The maximum Gasteiger partial charge on any atom is 0.301 e. The van der Waals surface area contributed by atoms with Crippen LogP contribution in [0.1, 0.15) is 17.2 Å². The number of halogens is 3.